The number of carbonyl (C=O) groups is 3. The predicted octanol–water partition coefficient (Wildman–Crippen LogP) is 1.60. The zero-order valence-corrected chi connectivity index (χ0v) is 20.2. The number of benzene rings is 2. The molecule has 0 saturated carbocycles. The summed E-state index contributed by atoms with van der Waals surface area (Å²) in [6.45, 7) is 3.86. The van der Waals surface area contributed by atoms with Gasteiger partial charge < -0.3 is 26.0 Å². The molecule has 1 saturated heterocycles. The standard InChI is InChI=1S/C24H29ClFN5O4/c1-16-13-30(14-17-2-5-19(26)6-3-17)8-9-31(16)24(34)15-35-21-7-4-18(25)10-20(21)29-23(33)12-28-22(32)11-27/h2-7,10,16H,8-9,11-15,27H2,1H3,(H,28,32)(H,29,33)/t16-/m1/s1. The summed E-state index contributed by atoms with van der Waals surface area (Å²) >= 11 is 6.04. The number of hydrogen-bond donors (Lipinski definition) is 3. The Morgan fingerprint density at radius 1 is 1.14 bits per heavy atom. The molecule has 0 radical (unpaired) electrons. The van der Waals surface area contributed by atoms with Crippen LogP contribution in [0.2, 0.25) is 5.02 Å². The van der Waals surface area contributed by atoms with E-state index in [9.17, 15) is 18.8 Å². The molecule has 1 heterocycles. The van der Waals surface area contributed by atoms with Gasteiger partial charge in [-0.1, -0.05) is 23.7 Å². The molecule has 2 aromatic carbocycles. The van der Waals surface area contributed by atoms with Gasteiger partial charge in [-0.3, -0.25) is 19.3 Å². The number of ether oxygens (including phenoxy) is 1. The highest BCUT2D eigenvalue weighted by Crippen LogP contribution is 2.28. The van der Waals surface area contributed by atoms with E-state index in [1.807, 2.05) is 6.92 Å². The average Bonchev–Trinajstić information content (AvgIpc) is 2.83. The van der Waals surface area contributed by atoms with Crippen molar-refractivity contribution >= 4 is 35.0 Å². The Hall–Kier alpha value is -3.21. The average molecular weight is 506 g/mol. The van der Waals surface area contributed by atoms with Crippen LogP contribution in [0.3, 0.4) is 0 Å². The van der Waals surface area contributed by atoms with Crippen LogP contribution in [0, 0.1) is 5.82 Å². The highest BCUT2D eigenvalue weighted by Gasteiger charge is 2.27. The molecule has 0 bridgehead atoms. The molecule has 1 aliphatic heterocycles. The minimum atomic E-state index is -0.490. The van der Waals surface area contributed by atoms with Gasteiger partial charge in [0.05, 0.1) is 18.8 Å². The Bertz CT molecular complexity index is 1050. The minimum absolute atomic E-state index is 0.0316. The largest absolute Gasteiger partial charge is 0.482 e. The lowest BCUT2D eigenvalue weighted by Crippen LogP contribution is -2.54. The van der Waals surface area contributed by atoms with Crippen LogP contribution in [0.25, 0.3) is 0 Å². The molecule has 1 fully saturated rings. The fourth-order valence-electron chi connectivity index (χ4n) is 3.79. The molecule has 2 aromatic rings. The van der Waals surface area contributed by atoms with Crippen molar-refractivity contribution in [3.8, 4) is 5.75 Å². The van der Waals surface area contributed by atoms with Crippen molar-refractivity contribution in [1.29, 1.82) is 0 Å². The predicted molar refractivity (Wildman–Crippen MR) is 130 cm³/mol. The van der Waals surface area contributed by atoms with E-state index in [2.05, 4.69) is 15.5 Å². The van der Waals surface area contributed by atoms with E-state index in [0.717, 1.165) is 5.56 Å². The summed E-state index contributed by atoms with van der Waals surface area (Å²) in [6, 6.07) is 11.0. The van der Waals surface area contributed by atoms with Gasteiger partial charge in [-0.2, -0.15) is 0 Å². The Balaban J connectivity index is 1.53. The van der Waals surface area contributed by atoms with Gasteiger partial charge in [0.15, 0.2) is 6.61 Å². The van der Waals surface area contributed by atoms with Crippen LogP contribution in [-0.4, -0.2) is 72.9 Å². The van der Waals surface area contributed by atoms with E-state index >= 15 is 0 Å². The van der Waals surface area contributed by atoms with Crippen molar-refractivity contribution in [2.75, 3.05) is 44.6 Å². The second-order valence-electron chi connectivity index (χ2n) is 8.26. The Morgan fingerprint density at radius 3 is 2.57 bits per heavy atom. The van der Waals surface area contributed by atoms with Gasteiger partial charge in [0.2, 0.25) is 11.8 Å². The van der Waals surface area contributed by atoms with Crippen molar-refractivity contribution < 1.29 is 23.5 Å². The second kappa shape index (κ2) is 12.5. The van der Waals surface area contributed by atoms with E-state index in [1.54, 1.807) is 29.2 Å². The number of piperazine rings is 1. The Labute approximate surface area is 208 Å². The quantitative estimate of drug-likeness (QED) is 0.476. The van der Waals surface area contributed by atoms with Gasteiger partial charge in [-0.05, 0) is 42.8 Å². The van der Waals surface area contributed by atoms with E-state index in [-0.39, 0.29) is 48.9 Å². The van der Waals surface area contributed by atoms with Gasteiger partial charge in [-0.15, -0.1) is 0 Å². The van der Waals surface area contributed by atoms with E-state index in [0.29, 0.717) is 31.2 Å². The summed E-state index contributed by atoms with van der Waals surface area (Å²) in [4.78, 5) is 40.2. The number of nitrogens with zero attached hydrogens (tertiary/aromatic N) is 2. The first kappa shape index (κ1) is 26.4. The highest BCUT2D eigenvalue weighted by atomic mass is 35.5. The zero-order valence-electron chi connectivity index (χ0n) is 19.4. The smallest absolute Gasteiger partial charge is 0.260 e. The van der Waals surface area contributed by atoms with Crippen LogP contribution in [-0.2, 0) is 20.9 Å². The maximum Gasteiger partial charge on any atom is 0.260 e. The lowest BCUT2D eigenvalue weighted by Gasteiger charge is -2.39. The maximum absolute atomic E-state index is 13.1. The highest BCUT2D eigenvalue weighted by molar-refractivity contribution is 6.31. The first-order chi connectivity index (χ1) is 16.7. The fourth-order valence-corrected chi connectivity index (χ4v) is 3.96. The van der Waals surface area contributed by atoms with Gasteiger partial charge in [0, 0.05) is 37.2 Å². The lowest BCUT2D eigenvalue weighted by atomic mass is 10.1. The molecule has 1 atom stereocenters. The zero-order chi connectivity index (χ0) is 25.4. The summed E-state index contributed by atoms with van der Waals surface area (Å²) in [5.41, 5.74) is 6.51. The number of halogens is 2. The van der Waals surface area contributed by atoms with Crippen molar-refractivity contribution in [2.45, 2.75) is 19.5 Å². The topological polar surface area (TPSA) is 117 Å². The molecule has 4 N–H and O–H groups in total. The van der Waals surface area contributed by atoms with Crippen molar-refractivity contribution in [3.63, 3.8) is 0 Å². The van der Waals surface area contributed by atoms with Crippen LogP contribution < -0.4 is 21.1 Å². The number of carbonyl (C=O) groups excluding carboxylic acids is 3. The minimum Gasteiger partial charge on any atom is -0.482 e. The first-order valence-electron chi connectivity index (χ1n) is 11.2. The number of amides is 3. The van der Waals surface area contributed by atoms with Gasteiger partial charge >= 0.3 is 0 Å². The number of anilines is 1. The summed E-state index contributed by atoms with van der Waals surface area (Å²) in [5, 5.41) is 5.36. The SMILES string of the molecule is C[C@@H]1CN(Cc2ccc(F)cc2)CCN1C(=O)COc1ccc(Cl)cc1NC(=O)CNC(=O)CN. The van der Waals surface area contributed by atoms with Crippen molar-refractivity contribution in [1.82, 2.24) is 15.1 Å². The van der Waals surface area contributed by atoms with Crippen molar-refractivity contribution in [2.24, 2.45) is 5.73 Å². The normalized spacial score (nSPS) is 16.0. The molecule has 9 nitrogen and oxygen atoms in total. The molecule has 1 aliphatic rings. The summed E-state index contributed by atoms with van der Waals surface area (Å²) in [6.07, 6.45) is 0. The molecular formula is C24H29ClFN5O4. The lowest BCUT2D eigenvalue weighted by molar-refractivity contribution is -0.138. The van der Waals surface area contributed by atoms with Gasteiger partial charge in [0.25, 0.3) is 5.91 Å². The molecule has 3 amide bonds. The van der Waals surface area contributed by atoms with Crippen LogP contribution in [0.15, 0.2) is 42.5 Å². The number of nitrogens with one attached hydrogen (secondary N) is 2. The second-order valence-corrected chi connectivity index (χ2v) is 8.69. The van der Waals surface area contributed by atoms with E-state index in [1.165, 1.54) is 18.2 Å². The third-order valence-corrected chi connectivity index (χ3v) is 5.78. The van der Waals surface area contributed by atoms with Gasteiger partial charge in [0.1, 0.15) is 11.6 Å². The van der Waals surface area contributed by atoms with Crippen LogP contribution in [0.4, 0.5) is 10.1 Å². The molecule has 0 spiro atoms. The van der Waals surface area contributed by atoms with E-state index < -0.39 is 11.8 Å². The van der Waals surface area contributed by atoms with Crippen LogP contribution in [0.1, 0.15) is 12.5 Å². The van der Waals surface area contributed by atoms with Crippen LogP contribution >= 0.6 is 11.6 Å². The molecule has 0 unspecified atom stereocenters. The molecule has 0 aromatic heterocycles. The summed E-state index contributed by atoms with van der Waals surface area (Å²) in [5.74, 6) is -1.11. The number of nitrogens with two attached hydrogens (primary N) is 1. The number of hydrogen-bond acceptors (Lipinski definition) is 6. The first-order valence-corrected chi connectivity index (χ1v) is 11.6. The molecule has 35 heavy (non-hydrogen) atoms. The van der Waals surface area contributed by atoms with Gasteiger partial charge in [-0.25, -0.2) is 4.39 Å². The molecule has 0 aliphatic carbocycles. The summed E-state index contributed by atoms with van der Waals surface area (Å²) in [7, 11) is 0. The Morgan fingerprint density at radius 2 is 1.89 bits per heavy atom. The van der Waals surface area contributed by atoms with Crippen molar-refractivity contribution in [3.05, 3.63) is 58.9 Å². The molecular weight excluding hydrogens is 477 g/mol. The molecule has 11 heteroatoms. The third-order valence-electron chi connectivity index (χ3n) is 5.55. The molecule has 188 valence electrons. The van der Waals surface area contributed by atoms with E-state index in [4.69, 9.17) is 22.1 Å². The fraction of sp³-hybridized carbons (Fsp3) is 0.375. The monoisotopic (exact) mass is 505 g/mol. The van der Waals surface area contributed by atoms with Crippen LogP contribution in [0.5, 0.6) is 5.75 Å². The maximum atomic E-state index is 13.1. The number of rotatable bonds is 9. The third kappa shape index (κ3) is 7.91. The Kier molecular flexibility index (Phi) is 9.41. The summed E-state index contributed by atoms with van der Waals surface area (Å²) < 4.78 is 18.8. The molecule has 3 rings (SSSR count).